The summed E-state index contributed by atoms with van der Waals surface area (Å²) < 4.78 is 25.5. The molecule has 1 aromatic rings. The van der Waals surface area contributed by atoms with E-state index in [-0.39, 0.29) is 16.8 Å². The average Bonchev–Trinajstić information content (AvgIpc) is 2.92. The van der Waals surface area contributed by atoms with E-state index in [9.17, 15) is 8.42 Å². The first kappa shape index (κ1) is 14.2. The molecule has 1 fully saturated rings. The molecule has 1 aliphatic carbocycles. The van der Waals surface area contributed by atoms with Crippen LogP contribution in [0.25, 0.3) is 0 Å². The lowest BCUT2D eigenvalue weighted by molar-refractivity contribution is 0.474. The summed E-state index contributed by atoms with van der Waals surface area (Å²) in [6, 6.07) is 0.234. The molecule has 1 aromatic heterocycles. The molecule has 1 saturated carbocycles. The van der Waals surface area contributed by atoms with Crippen LogP contribution in [0, 0.1) is 0 Å². The molecule has 0 radical (unpaired) electrons. The van der Waals surface area contributed by atoms with Gasteiger partial charge < -0.3 is 11.1 Å². The van der Waals surface area contributed by atoms with Crippen LogP contribution in [0.4, 0.5) is 11.6 Å². The van der Waals surface area contributed by atoms with Gasteiger partial charge in [-0.15, -0.1) is 0 Å². The SMILES string of the molecule is CCCNc1nn(C2CCCC2)c(N)c1S(C)(=O)=O. The molecule has 19 heavy (non-hydrogen) atoms. The molecule has 7 heteroatoms. The second-order valence-electron chi connectivity index (χ2n) is 5.14. The first-order valence-corrected chi connectivity index (χ1v) is 8.66. The molecule has 2 rings (SSSR count). The highest BCUT2D eigenvalue weighted by Crippen LogP contribution is 2.35. The fraction of sp³-hybridized carbons (Fsp3) is 0.750. The summed E-state index contributed by atoms with van der Waals surface area (Å²) in [5.41, 5.74) is 6.02. The molecule has 0 amide bonds. The summed E-state index contributed by atoms with van der Waals surface area (Å²) in [6.45, 7) is 2.70. The minimum atomic E-state index is -3.37. The smallest absolute Gasteiger partial charge is 0.182 e. The number of rotatable bonds is 5. The van der Waals surface area contributed by atoms with E-state index in [4.69, 9.17) is 5.73 Å². The monoisotopic (exact) mass is 286 g/mol. The van der Waals surface area contributed by atoms with Crippen molar-refractivity contribution in [2.45, 2.75) is 50.0 Å². The van der Waals surface area contributed by atoms with Crippen molar-refractivity contribution in [3.05, 3.63) is 0 Å². The third-order valence-corrected chi connectivity index (χ3v) is 4.63. The molecule has 3 N–H and O–H groups in total. The van der Waals surface area contributed by atoms with Crippen molar-refractivity contribution in [2.75, 3.05) is 23.9 Å². The maximum atomic E-state index is 11.9. The van der Waals surface area contributed by atoms with Crippen molar-refractivity contribution in [2.24, 2.45) is 0 Å². The molecule has 0 unspecified atom stereocenters. The van der Waals surface area contributed by atoms with Crippen LogP contribution in [0.1, 0.15) is 45.1 Å². The summed E-state index contributed by atoms with van der Waals surface area (Å²) in [4.78, 5) is 0.146. The molecule has 0 aromatic carbocycles. The van der Waals surface area contributed by atoms with E-state index in [1.807, 2.05) is 6.92 Å². The topological polar surface area (TPSA) is 90.0 Å². The van der Waals surface area contributed by atoms with Crippen LogP contribution in [-0.2, 0) is 9.84 Å². The number of nitrogen functional groups attached to an aromatic ring is 1. The third kappa shape index (κ3) is 2.86. The number of hydrogen-bond acceptors (Lipinski definition) is 5. The molecule has 0 bridgehead atoms. The Morgan fingerprint density at radius 3 is 2.58 bits per heavy atom. The van der Waals surface area contributed by atoms with Gasteiger partial charge in [0.1, 0.15) is 5.82 Å². The van der Waals surface area contributed by atoms with Crippen LogP contribution in [-0.4, -0.2) is 31.0 Å². The number of hydrogen-bond donors (Lipinski definition) is 2. The molecular weight excluding hydrogens is 264 g/mol. The van der Waals surface area contributed by atoms with Gasteiger partial charge in [-0.05, 0) is 19.3 Å². The molecule has 0 atom stereocenters. The lowest BCUT2D eigenvalue weighted by atomic mass is 10.2. The highest BCUT2D eigenvalue weighted by Gasteiger charge is 2.28. The Morgan fingerprint density at radius 2 is 2.05 bits per heavy atom. The van der Waals surface area contributed by atoms with E-state index in [0.717, 1.165) is 32.1 Å². The van der Waals surface area contributed by atoms with E-state index in [1.54, 1.807) is 4.68 Å². The van der Waals surface area contributed by atoms with Gasteiger partial charge in [0.25, 0.3) is 0 Å². The molecule has 1 heterocycles. The zero-order chi connectivity index (χ0) is 14.0. The normalized spacial score (nSPS) is 16.9. The molecule has 1 aliphatic rings. The van der Waals surface area contributed by atoms with Gasteiger partial charge in [-0.25, -0.2) is 13.1 Å². The quantitative estimate of drug-likeness (QED) is 0.861. The fourth-order valence-electron chi connectivity index (χ4n) is 2.58. The van der Waals surface area contributed by atoms with Gasteiger partial charge in [0.15, 0.2) is 20.6 Å². The predicted molar refractivity (Wildman–Crippen MR) is 76.0 cm³/mol. The van der Waals surface area contributed by atoms with Gasteiger partial charge in [0.05, 0.1) is 6.04 Å². The van der Waals surface area contributed by atoms with E-state index >= 15 is 0 Å². The van der Waals surface area contributed by atoms with Crippen molar-refractivity contribution in [1.29, 1.82) is 0 Å². The van der Waals surface area contributed by atoms with Crippen LogP contribution in [0.3, 0.4) is 0 Å². The molecule has 0 saturated heterocycles. The summed E-state index contributed by atoms with van der Waals surface area (Å²) in [7, 11) is -3.37. The van der Waals surface area contributed by atoms with Crippen LogP contribution in [0.15, 0.2) is 4.90 Å². The van der Waals surface area contributed by atoms with E-state index in [2.05, 4.69) is 10.4 Å². The number of nitrogens with zero attached hydrogens (tertiary/aromatic N) is 2. The standard InChI is InChI=1S/C12H22N4O2S/c1-3-8-14-12-10(19(2,17)18)11(13)16(15-12)9-6-4-5-7-9/h9H,3-8,13H2,1-2H3,(H,14,15). The zero-order valence-electron chi connectivity index (χ0n) is 11.5. The lowest BCUT2D eigenvalue weighted by Gasteiger charge is -2.11. The number of nitrogens with two attached hydrogens (primary N) is 1. The maximum absolute atomic E-state index is 11.9. The van der Waals surface area contributed by atoms with Gasteiger partial charge in [-0.3, -0.25) is 0 Å². The van der Waals surface area contributed by atoms with Crippen molar-refractivity contribution < 1.29 is 8.42 Å². The first-order valence-electron chi connectivity index (χ1n) is 6.77. The first-order chi connectivity index (χ1) is 8.95. The van der Waals surface area contributed by atoms with Crippen LogP contribution in [0.2, 0.25) is 0 Å². The predicted octanol–water partition coefficient (Wildman–Crippen LogP) is 1.81. The van der Waals surface area contributed by atoms with Crippen LogP contribution >= 0.6 is 0 Å². The molecular formula is C12H22N4O2S. The Labute approximate surface area is 114 Å². The summed E-state index contributed by atoms with van der Waals surface area (Å²) in [5.74, 6) is 0.668. The van der Waals surface area contributed by atoms with Gasteiger partial charge in [0, 0.05) is 12.8 Å². The van der Waals surface area contributed by atoms with Gasteiger partial charge >= 0.3 is 0 Å². The van der Waals surface area contributed by atoms with Crippen molar-refractivity contribution in [3.63, 3.8) is 0 Å². The lowest BCUT2D eigenvalue weighted by Crippen LogP contribution is -2.11. The highest BCUT2D eigenvalue weighted by molar-refractivity contribution is 7.91. The third-order valence-electron chi connectivity index (χ3n) is 3.49. The average molecular weight is 286 g/mol. The number of nitrogens with one attached hydrogen (secondary N) is 1. The van der Waals surface area contributed by atoms with Gasteiger partial charge in [-0.2, -0.15) is 5.10 Å². The van der Waals surface area contributed by atoms with Gasteiger partial charge in [0.2, 0.25) is 0 Å². The summed E-state index contributed by atoms with van der Waals surface area (Å²) >= 11 is 0. The molecule has 0 aliphatic heterocycles. The highest BCUT2D eigenvalue weighted by atomic mass is 32.2. The van der Waals surface area contributed by atoms with Crippen molar-refractivity contribution >= 4 is 21.5 Å². The maximum Gasteiger partial charge on any atom is 0.182 e. The Morgan fingerprint density at radius 1 is 1.42 bits per heavy atom. The van der Waals surface area contributed by atoms with E-state index in [0.29, 0.717) is 12.4 Å². The minimum Gasteiger partial charge on any atom is -0.383 e. The Balaban J connectivity index is 2.43. The number of aromatic nitrogens is 2. The van der Waals surface area contributed by atoms with Crippen molar-refractivity contribution in [3.8, 4) is 0 Å². The Bertz CT molecular complexity index is 544. The largest absolute Gasteiger partial charge is 0.383 e. The van der Waals surface area contributed by atoms with E-state index in [1.165, 1.54) is 6.26 Å². The summed E-state index contributed by atoms with van der Waals surface area (Å²) in [6.07, 6.45) is 6.41. The minimum absolute atomic E-state index is 0.146. The molecule has 0 spiro atoms. The van der Waals surface area contributed by atoms with E-state index < -0.39 is 9.84 Å². The van der Waals surface area contributed by atoms with Crippen LogP contribution in [0.5, 0.6) is 0 Å². The number of sulfone groups is 1. The fourth-order valence-corrected chi connectivity index (χ4v) is 3.52. The Kier molecular flexibility index (Phi) is 4.03. The van der Waals surface area contributed by atoms with Crippen LogP contribution < -0.4 is 11.1 Å². The second-order valence-corrected chi connectivity index (χ2v) is 7.10. The zero-order valence-corrected chi connectivity index (χ0v) is 12.3. The summed E-state index contributed by atoms with van der Waals surface area (Å²) in [5, 5.41) is 7.46. The molecule has 6 nitrogen and oxygen atoms in total. The number of anilines is 2. The molecule has 108 valence electrons. The second kappa shape index (κ2) is 5.40. The van der Waals surface area contributed by atoms with Crippen molar-refractivity contribution in [1.82, 2.24) is 9.78 Å². The Hall–Kier alpha value is -1.24. The van der Waals surface area contributed by atoms with Gasteiger partial charge in [-0.1, -0.05) is 19.8 Å².